The van der Waals surface area contributed by atoms with Gasteiger partial charge in [-0.2, -0.15) is 0 Å². The molecule has 13 nitrogen and oxygen atoms in total. The van der Waals surface area contributed by atoms with Crippen LogP contribution in [0.15, 0.2) is 78.9 Å². The molecule has 13 heteroatoms. The molecule has 0 unspecified atom stereocenters. The molecule has 0 radical (unpaired) electrons. The Labute approximate surface area is 390 Å². The molecule has 3 aromatic carbocycles. The van der Waals surface area contributed by atoms with Gasteiger partial charge in [-0.15, -0.1) is 0 Å². The fourth-order valence-corrected chi connectivity index (χ4v) is 8.89. The lowest BCUT2D eigenvalue weighted by Gasteiger charge is -2.41. The quantitative estimate of drug-likeness (QED) is 0.0294. The lowest BCUT2D eigenvalue weighted by atomic mass is 9.87. The fraction of sp³-hybridized carbons (Fsp3) is 0.528. The summed E-state index contributed by atoms with van der Waals surface area (Å²) in [5.74, 6) is -3.48. The number of hydrogen-bond donors (Lipinski definition) is 2. The third kappa shape index (κ3) is 15.6. The number of quaternary nitrogens is 1. The predicted octanol–water partition coefficient (Wildman–Crippen LogP) is 6.61. The van der Waals surface area contributed by atoms with Crippen molar-refractivity contribution in [3.05, 3.63) is 101 Å². The lowest BCUT2D eigenvalue weighted by Crippen LogP contribution is -2.57. The van der Waals surface area contributed by atoms with Crippen LogP contribution in [0.1, 0.15) is 108 Å². The van der Waals surface area contributed by atoms with Gasteiger partial charge in [0.25, 0.3) is 0 Å². The van der Waals surface area contributed by atoms with E-state index in [9.17, 15) is 33.6 Å². The lowest BCUT2D eigenvalue weighted by molar-refractivity contribution is -0.940. The van der Waals surface area contributed by atoms with Crippen molar-refractivity contribution in [3.8, 4) is 5.75 Å². The molecule has 2 fully saturated rings. The molecule has 2 saturated heterocycles. The first-order chi connectivity index (χ1) is 31.3. The molecule has 0 bridgehead atoms. The smallest absolute Gasteiger partial charge is 0.308 e. The number of aryl methyl sites for hydroxylation is 1. The molecule has 0 aliphatic carbocycles. The first-order valence-corrected chi connectivity index (χ1v) is 23.5. The standard InChI is InChI=1S/C53H69N3O10/c1-35(2)26-46(48(60)31-43(28-40-16-12-9-13-17-40)52(63)55-47(27-36(3)4)50(61)53(7)34-65-53)54-51(62)42(20-18-39-14-10-8-11-15-39)30-44(59)33-56(22-24-64-25-23-56)32-41-19-21-49(66-38(6)58)45(29-41)37(5)57/h8-17,19,21,29,35-36,42-43,46-47H,18,20,22-28,30-34H2,1-7H3,(H-,54,55,62,63)/p+1/t42-,43-,46+,47+,53-/m1/s1. The van der Waals surface area contributed by atoms with Crippen LogP contribution in [0.3, 0.4) is 0 Å². The minimum absolute atomic E-state index is 0.00895. The zero-order valence-corrected chi connectivity index (χ0v) is 39.9. The minimum Gasteiger partial charge on any atom is -0.426 e. The van der Waals surface area contributed by atoms with E-state index in [2.05, 4.69) is 10.6 Å². The van der Waals surface area contributed by atoms with Gasteiger partial charge in [-0.25, -0.2) is 0 Å². The number of morpholine rings is 1. The summed E-state index contributed by atoms with van der Waals surface area (Å²) < 4.78 is 16.8. The van der Waals surface area contributed by atoms with Gasteiger partial charge in [0.2, 0.25) is 11.8 Å². The third-order valence-corrected chi connectivity index (χ3v) is 12.6. The molecular formula is C53H70N3O10+. The molecule has 0 spiro atoms. The van der Waals surface area contributed by atoms with Crippen LogP contribution >= 0.6 is 0 Å². The Hall–Kier alpha value is -5.37. The maximum atomic E-state index is 14.6. The number of epoxide rings is 1. The third-order valence-electron chi connectivity index (χ3n) is 12.6. The van der Waals surface area contributed by atoms with E-state index < -0.39 is 47.3 Å². The summed E-state index contributed by atoms with van der Waals surface area (Å²) in [4.78, 5) is 95.5. The second kappa shape index (κ2) is 23.9. The SMILES string of the molecule is CC(=O)Oc1ccc(C[N+]2(CC(=O)C[C@@H](CCc3ccccc3)C(=O)N[C@@H](CC(C)C)C(=O)C[C@@H](Cc3ccccc3)C(=O)N[C@@H](CC(C)C)C(=O)[C@@]3(C)CO3)CCOCC2)cc1C(C)=O. The monoisotopic (exact) mass is 909 g/mol. The van der Waals surface area contributed by atoms with Gasteiger partial charge in [-0.1, -0.05) is 88.4 Å². The zero-order valence-electron chi connectivity index (χ0n) is 39.9. The second-order valence-electron chi connectivity index (χ2n) is 19.5. The Morgan fingerprint density at radius 2 is 1.30 bits per heavy atom. The van der Waals surface area contributed by atoms with Crippen molar-refractivity contribution >= 4 is 40.9 Å². The van der Waals surface area contributed by atoms with E-state index in [-0.39, 0.29) is 72.1 Å². The van der Waals surface area contributed by atoms with Gasteiger partial charge in [-0.05, 0) is 87.1 Å². The number of rotatable bonds is 26. The van der Waals surface area contributed by atoms with Crippen LogP contribution in [0.2, 0.25) is 0 Å². The molecule has 2 aliphatic heterocycles. The number of benzene rings is 3. The molecule has 2 amide bonds. The number of nitrogens with one attached hydrogen (secondary N) is 2. The van der Waals surface area contributed by atoms with Gasteiger partial charge in [0.1, 0.15) is 37.5 Å². The van der Waals surface area contributed by atoms with E-state index in [0.29, 0.717) is 69.6 Å². The van der Waals surface area contributed by atoms with Crippen LogP contribution in [0.5, 0.6) is 5.75 Å². The average Bonchev–Trinajstić information content (AvgIpc) is 4.02. The Morgan fingerprint density at radius 1 is 0.727 bits per heavy atom. The average molecular weight is 909 g/mol. The minimum atomic E-state index is -0.937. The molecule has 2 N–H and O–H groups in total. The first kappa shape index (κ1) is 51.6. The Morgan fingerprint density at radius 3 is 1.88 bits per heavy atom. The number of Topliss-reactive ketones (excluding diaryl/α,β-unsaturated/α-hetero) is 4. The normalized spacial score (nSPS) is 18.4. The summed E-state index contributed by atoms with van der Waals surface area (Å²) in [5.41, 5.74) is 2.01. The Bertz CT molecular complexity index is 2160. The van der Waals surface area contributed by atoms with E-state index in [0.717, 1.165) is 16.7 Å². The number of carbonyl (C=O) groups is 7. The summed E-state index contributed by atoms with van der Waals surface area (Å²) in [7, 11) is 0. The van der Waals surface area contributed by atoms with Crippen molar-refractivity contribution in [3.63, 3.8) is 0 Å². The highest BCUT2D eigenvalue weighted by molar-refractivity contribution is 5.99. The highest BCUT2D eigenvalue weighted by atomic mass is 16.6. The van der Waals surface area contributed by atoms with Crippen molar-refractivity contribution in [2.45, 2.75) is 118 Å². The molecule has 0 aromatic heterocycles. The molecule has 0 saturated carbocycles. The summed E-state index contributed by atoms with van der Waals surface area (Å²) in [6, 6.07) is 22.6. The van der Waals surface area contributed by atoms with Crippen LogP contribution in [0.4, 0.5) is 0 Å². The van der Waals surface area contributed by atoms with Crippen molar-refractivity contribution in [2.75, 3.05) is 39.5 Å². The number of ether oxygens (including phenoxy) is 3. The predicted molar refractivity (Wildman–Crippen MR) is 250 cm³/mol. The molecule has 5 rings (SSSR count). The number of ketones is 4. The number of esters is 1. The van der Waals surface area contributed by atoms with Crippen molar-refractivity contribution in [1.29, 1.82) is 0 Å². The number of amides is 2. The van der Waals surface area contributed by atoms with Crippen LogP contribution in [0.25, 0.3) is 0 Å². The maximum Gasteiger partial charge on any atom is 0.308 e. The van der Waals surface area contributed by atoms with Crippen LogP contribution < -0.4 is 15.4 Å². The summed E-state index contributed by atoms with van der Waals surface area (Å²) in [6.07, 6.45) is 1.67. The van der Waals surface area contributed by atoms with Crippen LogP contribution in [0, 0.1) is 23.7 Å². The summed E-state index contributed by atoms with van der Waals surface area (Å²) in [5, 5.41) is 6.06. The molecule has 2 aliphatic rings. The molecular weight excluding hydrogens is 839 g/mol. The molecule has 2 heterocycles. The van der Waals surface area contributed by atoms with Gasteiger partial charge in [-0.3, -0.25) is 33.6 Å². The van der Waals surface area contributed by atoms with E-state index >= 15 is 0 Å². The van der Waals surface area contributed by atoms with Gasteiger partial charge < -0.3 is 29.3 Å². The van der Waals surface area contributed by atoms with Crippen molar-refractivity contribution in [2.24, 2.45) is 23.7 Å². The van der Waals surface area contributed by atoms with Gasteiger partial charge in [0, 0.05) is 37.2 Å². The van der Waals surface area contributed by atoms with Crippen LogP contribution in [-0.4, -0.2) is 103 Å². The number of hydrogen-bond acceptors (Lipinski definition) is 10. The molecule has 66 heavy (non-hydrogen) atoms. The van der Waals surface area contributed by atoms with Gasteiger partial charge >= 0.3 is 5.97 Å². The van der Waals surface area contributed by atoms with E-state index in [1.165, 1.54) is 13.8 Å². The first-order valence-electron chi connectivity index (χ1n) is 23.5. The number of nitrogens with zero attached hydrogens (tertiary/aromatic N) is 1. The highest BCUT2D eigenvalue weighted by Crippen LogP contribution is 2.31. The Balaban J connectivity index is 1.37. The van der Waals surface area contributed by atoms with E-state index in [4.69, 9.17) is 14.2 Å². The molecule has 5 atom stereocenters. The fourth-order valence-electron chi connectivity index (χ4n) is 8.89. The van der Waals surface area contributed by atoms with Crippen molar-refractivity contribution in [1.82, 2.24) is 10.6 Å². The Kier molecular flexibility index (Phi) is 18.7. The summed E-state index contributed by atoms with van der Waals surface area (Å²) >= 11 is 0. The number of carbonyl (C=O) groups excluding carboxylic acids is 7. The molecule has 356 valence electrons. The topological polar surface area (TPSA) is 175 Å². The second-order valence-corrected chi connectivity index (χ2v) is 19.5. The van der Waals surface area contributed by atoms with Crippen LogP contribution in [-0.2, 0) is 57.6 Å². The van der Waals surface area contributed by atoms with E-state index in [1.54, 1.807) is 25.1 Å². The van der Waals surface area contributed by atoms with Crippen molar-refractivity contribution < 1.29 is 52.3 Å². The van der Waals surface area contributed by atoms with Gasteiger partial charge in [0.15, 0.2) is 23.1 Å². The summed E-state index contributed by atoms with van der Waals surface area (Å²) in [6.45, 7) is 15.1. The van der Waals surface area contributed by atoms with Gasteiger partial charge in [0.05, 0.1) is 37.5 Å². The largest absolute Gasteiger partial charge is 0.426 e. The van der Waals surface area contributed by atoms with E-state index in [1.807, 2.05) is 88.4 Å². The molecule has 3 aromatic rings. The zero-order chi connectivity index (χ0) is 48.0. The maximum absolute atomic E-state index is 14.6. The highest BCUT2D eigenvalue weighted by Gasteiger charge is 2.50.